The third-order valence-electron chi connectivity index (χ3n) is 5.55. The minimum absolute atomic E-state index is 0.327. The van der Waals surface area contributed by atoms with Gasteiger partial charge in [-0.05, 0) is 41.8 Å². The molecule has 7 heteroatoms. The van der Waals surface area contributed by atoms with Crippen molar-refractivity contribution >= 4 is 5.97 Å². The number of esters is 1. The lowest BCUT2D eigenvalue weighted by molar-refractivity contribution is -0.131. The Morgan fingerprint density at radius 1 is 0.943 bits per heavy atom. The van der Waals surface area contributed by atoms with Gasteiger partial charge in [-0.2, -0.15) is 0 Å². The minimum atomic E-state index is -0.439. The van der Waals surface area contributed by atoms with E-state index in [9.17, 15) is 9.18 Å². The summed E-state index contributed by atoms with van der Waals surface area (Å²) < 4.78 is 42.1. The quantitative estimate of drug-likeness (QED) is 0.205. The first-order valence-corrected chi connectivity index (χ1v) is 11.7. The van der Waals surface area contributed by atoms with Crippen molar-refractivity contribution in [1.82, 2.24) is 0 Å². The zero-order chi connectivity index (χ0) is 24.6. The van der Waals surface area contributed by atoms with Crippen LogP contribution in [0.3, 0.4) is 0 Å². The van der Waals surface area contributed by atoms with E-state index < -0.39 is 12.3 Å². The molecular formula is C28H29FO6. The molecule has 0 spiro atoms. The summed E-state index contributed by atoms with van der Waals surface area (Å²) in [5, 5.41) is 0. The number of carbonyl (C=O) groups excluding carboxylic acids is 1. The van der Waals surface area contributed by atoms with E-state index in [4.69, 9.17) is 23.7 Å². The van der Waals surface area contributed by atoms with Crippen LogP contribution >= 0.6 is 0 Å². The molecule has 6 nitrogen and oxygen atoms in total. The lowest BCUT2D eigenvalue weighted by Crippen LogP contribution is -2.09. The Balaban J connectivity index is 1.42. The summed E-state index contributed by atoms with van der Waals surface area (Å²) in [7, 11) is 0. The molecule has 0 unspecified atom stereocenters. The highest BCUT2D eigenvalue weighted by Crippen LogP contribution is 2.37. The Hall–Kier alpha value is -3.42. The highest BCUT2D eigenvalue weighted by atomic mass is 19.1. The largest absolute Gasteiger partial charge is 0.493 e. The van der Waals surface area contributed by atoms with Crippen LogP contribution in [0.4, 0.5) is 4.39 Å². The van der Waals surface area contributed by atoms with Gasteiger partial charge < -0.3 is 23.7 Å². The van der Waals surface area contributed by atoms with E-state index in [0.29, 0.717) is 49.9 Å². The highest BCUT2D eigenvalue weighted by molar-refractivity contribution is 5.78. The van der Waals surface area contributed by atoms with E-state index in [1.165, 1.54) is 19.1 Å². The van der Waals surface area contributed by atoms with Gasteiger partial charge >= 0.3 is 5.97 Å². The van der Waals surface area contributed by atoms with Crippen LogP contribution in [0.5, 0.6) is 17.2 Å². The molecule has 0 atom stereocenters. The number of benzene rings is 3. The van der Waals surface area contributed by atoms with Crippen LogP contribution in [0.1, 0.15) is 37.7 Å². The standard InChI is InChI=1S/C28H29FO6/c1-3-20-17-24(21-9-11-22(29)12-10-21)27(35-19(2)30)18-26(20)32-14-6-13-31-25-8-5-4-7-23(25)28-33-15-16-34-28/h4-5,7-12,17-18,28H,3,6,13-16H2,1-2H3. The fourth-order valence-electron chi connectivity index (χ4n) is 3.88. The molecule has 3 aromatic carbocycles. The molecule has 1 aliphatic heterocycles. The number of halogens is 1. The second-order valence-corrected chi connectivity index (χ2v) is 8.07. The summed E-state index contributed by atoms with van der Waals surface area (Å²) in [5.74, 6) is 0.979. The number of aryl methyl sites for hydroxylation is 1. The number of hydrogen-bond acceptors (Lipinski definition) is 6. The summed E-state index contributed by atoms with van der Waals surface area (Å²) in [5.41, 5.74) is 3.30. The van der Waals surface area contributed by atoms with E-state index in [2.05, 4.69) is 0 Å². The third-order valence-corrected chi connectivity index (χ3v) is 5.55. The van der Waals surface area contributed by atoms with Gasteiger partial charge in [0.15, 0.2) is 6.29 Å². The normalized spacial score (nSPS) is 13.6. The maximum Gasteiger partial charge on any atom is 0.308 e. The van der Waals surface area contributed by atoms with Crippen molar-refractivity contribution in [3.8, 4) is 28.4 Å². The lowest BCUT2D eigenvalue weighted by Gasteiger charge is -2.17. The van der Waals surface area contributed by atoms with Gasteiger partial charge in [-0.25, -0.2) is 4.39 Å². The van der Waals surface area contributed by atoms with Gasteiger partial charge in [-0.15, -0.1) is 0 Å². The molecule has 4 rings (SSSR count). The van der Waals surface area contributed by atoms with Crippen molar-refractivity contribution in [1.29, 1.82) is 0 Å². The molecule has 0 amide bonds. The Morgan fingerprint density at radius 3 is 2.31 bits per heavy atom. The summed E-state index contributed by atoms with van der Waals surface area (Å²) in [6, 6.07) is 17.4. The third kappa shape index (κ3) is 6.38. The molecule has 0 N–H and O–H groups in total. The molecule has 1 aliphatic rings. The average molecular weight is 481 g/mol. The summed E-state index contributed by atoms with van der Waals surface area (Å²) in [4.78, 5) is 11.7. The van der Waals surface area contributed by atoms with Crippen LogP contribution in [0.2, 0.25) is 0 Å². The van der Waals surface area contributed by atoms with Crippen molar-refractivity contribution in [3.63, 3.8) is 0 Å². The van der Waals surface area contributed by atoms with Crippen molar-refractivity contribution in [2.24, 2.45) is 0 Å². The number of para-hydroxylation sites is 1. The molecule has 0 aromatic heterocycles. The van der Waals surface area contributed by atoms with Crippen molar-refractivity contribution in [2.75, 3.05) is 26.4 Å². The number of carbonyl (C=O) groups is 1. The van der Waals surface area contributed by atoms with Gasteiger partial charge in [-0.1, -0.05) is 37.3 Å². The zero-order valence-corrected chi connectivity index (χ0v) is 19.9. The van der Waals surface area contributed by atoms with Crippen molar-refractivity contribution < 1.29 is 32.9 Å². The molecule has 184 valence electrons. The molecular weight excluding hydrogens is 451 g/mol. The number of hydrogen-bond donors (Lipinski definition) is 0. The lowest BCUT2D eigenvalue weighted by atomic mass is 10.00. The minimum Gasteiger partial charge on any atom is -0.493 e. The SMILES string of the molecule is CCc1cc(-c2ccc(F)cc2)c(OC(C)=O)cc1OCCCOc1ccccc1C1OCCO1. The predicted molar refractivity (Wildman–Crippen MR) is 129 cm³/mol. The molecule has 0 saturated carbocycles. The van der Waals surface area contributed by atoms with Crippen LogP contribution in [-0.4, -0.2) is 32.4 Å². The van der Waals surface area contributed by atoms with Gasteiger partial charge in [0.25, 0.3) is 0 Å². The fraction of sp³-hybridized carbons (Fsp3) is 0.321. The Labute approximate surface area is 204 Å². The Kier molecular flexibility index (Phi) is 8.34. The summed E-state index contributed by atoms with van der Waals surface area (Å²) >= 11 is 0. The Morgan fingerprint density at radius 2 is 1.63 bits per heavy atom. The van der Waals surface area contributed by atoms with Crippen molar-refractivity contribution in [2.45, 2.75) is 33.0 Å². The van der Waals surface area contributed by atoms with E-state index in [1.807, 2.05) is 37.3 Å². The summed E-state index contributed by atoms with van der Waals surface area (Å²) in [6.45, 7) is 5.38. The van der Waals surface area contributed by atoms with Crippen LogP contribution in [0, 0.1) is 5.82 Å². The van der Waals surface area contributed by atoms with Gasteiger partial charge in [-0.3, -0.25) is 4.79 Å². The second-order valence-electron chi connectivity index (χ2n) is 8.07. The topological polar surface area (TPSA) is 63.2 Å². The first kappa shape index (κ1) is 24.7. The van der Waals surface area contributed by atoms with E-state index in [-0.39, 0.29) is 5.82 Å². The smallest absolute Gasteiger partial charge is 0.308 e. The van der Waals surface area contributed by atoms with Gasteiger partial charge in [0.1, 0.15) is 23.1 Å². The second kappa shape index (κ2) is 11.8. The zero-order valence-electron chi connectivity index (χ0n) is 19.9. The molecule has 3 aromatic rings. The monoisotopic (exact) mass is 480 g/mol. The van der Waals surface area contributed by atoms with Gasteiger partial charge in [0.2, 0.25) is 0 Å². The molecule has 1 saturated heterocycles. The molecule has 0 bridgehead atoms. The van der Waals surface area contributed by atoms with Crippen LogP contribution in [-0.2, 0) is 20.7 Å². The molecule has 1 heterocycles. The van der Waals surface area contributed by atoms with E-state index in [1.54, 1.807) is 18.2 Å². The molecule has 1 fully saturated rings. The highest BCUT2D eigenvalue weighted by Gasteiger charge is 2.22. The molecule has 0 aliphatic carbocycles. The average Bonchev–Trinajstić information content (AvgIpc) is 3.39. The van der Waals surface area contributed by atoms with Gasteiger partial charge in [0, 0.05) is 30.5 Å². The first-order valence-electron chi connectivity index (χ1n) is 11.7. The molecule has 35 heavy (non-hydrogen) atoms. The first-order chi connectivity index (χ1) is 17.0. The maximum absolute atomic E-state index is 13.4. The number of ether oxygens (including phenoxy) is 5. The van der Waals surface area contributed by atoms with E-state index >= 15 is 0 Å². The predicted octanol–water partition coefficient (Wildman–Crippen LogP) is 5.87. The van der Waals surface area contributed by atoms with Crippen LogP contribution < -0.4 is 14.2 Å². The summed E-state index contributed by atoms with van der Waals surface area (Å²) in [6.07, 6.45) is 0.968. The molecule has 0 radical (unpaired) electrons. The maximum atomic E-state index is 13.4. The van der Waals surface area contributed by atoms with Gasteiger partial charge in [0.05, 0.1) is 26.4 Å². The van der Waals surface area contributed by atoms with Crippen LogP contribution in [0.25, 0.3) is 11.1 Å². The van der Waals surface area contributed by atoms with E-state index in [0.717, 1.165) is 28.9 Å². The van der Waals surface area contributed by atoms with Crippen LogP contribution in [0.15, 0.2) is 60.7 Å². The Bertz CT molecular complexity index is 1140. The van der Waals surface area contributed by atoms with Crippen molar-refractivity contribution in [3.05, 3.63) is 77.6 Å². The fourth-order valence-corrected chi connectivity index (χ4v) is 3.88. The number of rotatable bonds is 10.